The summed E-state index contributed by atoms with van der Waals surface area (Å²) in [4.78, 5) is 27.6. The quantitative estimate of drug-likeness (QED) is 0.869. The standard InChI is InChI=1S/C14H17F3N4O2/c15-14(16,17)13(23)21-7-4-10(5-8-21)19-9-12(22)20-11-3-1-2-6-18-11/h1-3,6,10,19H,4-5,7-9H2,(H,18,20,22). The highest BCUT2D eigenvalue weighted by Crippen LogP contribution is 2.21. The summed E-state index contributed by atoms with van der Waals surface area (Å²) in [6.45, 7) is 0.0875. The van der Waals surface area contributed by atoms with E-state index in [9.17, 15) is 22.8 Å². The summed E-state index contributed by atoms with van der Waals surface area (Å²) < 4.78 is 37.0. The number of aromatic nitrogens is 1. The molecule has 0 saturated carbocycles. The third kappa shape index (κ3) is 5.20. The van der Waals surface area contributed by atoms with Gasteiger partial charge in [0.2, 0.25) is 5.91 Å². The first-order valence-corrected chi connectivity index (χ1v) is 7.16. The normalized spacial score (nSPS) is 16.2. The molecule has 23 heavy (non-hydrogen) atoms. The van der Waals surface area contributed by atoms with Gasteiger partial charge in [-0.25, -0.2) is 4.98 Å². The minimum Gasteiger partial charge on any atom is -0.335 e. The lowest BCUT2D eigenvalue weighted by Gasteiger charge is -2.32. The number of anilines is 1. The average molecular weight is 330 g/mol. The van der Waals surface area contributed by atoms with Gasteiger partial charge < -0.3 is 15.5 Å². The molecule has 2 heterocycles. The first-order chi connectivity index (χ1) is 10.9. The minimum absolute atomic E-state index is 0.0257. The van der Waals surface area contributed by atoms with Crippen LogP contribution in [-0.4, -0.2) is 53.6 Å². The molecule has 9 heteroatoms. The van der Waals surface area contributed by atoms with Crippen LogP contribution in [0.15, 0.2) is 24.4 Å². The second-order valence-electron chi connectivity index (χ2n) is 5.21. The molecule has 0 atom stereocenters. The maximum atomic E-state index is 12.3. The number of halogens is 3. The van der Waals surface area contributed by atoms with E-state index >= 15 is 0 Å². The number of carbonyl (C=O) groups is 2. The first-order valence-electron chi connectivity index (χ1n) is 7.16. The number of carbonyl (C=O) groups excluding carboxylic acids is 2. The molecule has 1 aromatic rings. The summed E-state index contributed by atoms with van der Waals surface area (Å²) in [6.07, 6.45) is -2.53. The SMILES string of the molecule is O=C(CNC1CCN(C(=O)C(F)(F)F)CC1)Nc1ccccn1. The van der Waals surface area contributed by atoms with Crippen LogP contribution in [0.25, 0.3) is 0 Å². The lowest BCUT2D eigenvalue weighted by Crippen LogP contribution is -2.49. The van der Waals surface area contributed by atoms with Gasteiger partial charge in [-0.3, -0.25) is 9.59 Å². The van der Waals surface area contributed by atoms with Crippen LogP contribution >= 0.6 is 0 Å². The van der Waals surface area contributed by atoms with Crippen LogP contribution in [0.3, 0.4) is 0 Å². The molecular weight excluding hydrogens is 313 g/mol. The molecule has 2 amide bonds. The van der Waals surface area contributed by atoms with Crippen LogP contribution in [0.5, 0.6) is 0 Å². The zero-order chi connectivity index (χ0) is 16.9. The average Bonchev–Trinajstić information content (AvgIpc) is 2.53. The number of nitrogens with zero attached hydrogens (tertiary/aromatic N) is 2. The lowest BCUT2D eigenvalue weighted by atomic mass is 10.0. The summed E-state index contributed by atoms with van der Waals surface area (Å²) >= 11 is 0. The second kappa shape index (κ2) is 7.40. The van der Waals surface area contributed by atoms with Crippen LogP contribution < -0.4 is 10.6 Å². The Morgan fingerprint density at radius 1 is 1.26 bits per heavy atom. The van der Waals surface area contributed by atoms with E-state index in [1.807, 2.05) is 0 Å². The maximum Gasteiger partial charge on any atom is 0.471 e. The number of rotatable bonds is 4. The van der Waals surface area contributed by atoms with E-state index in [0.717, 1.165) is 4.90 Å². The molecule has 6 nitrogen and oxygen atoms in total. The van der Waals surface area contributed by atoms with Crippen molar-refractivity contribution in [2.24, 2.45) is 0 Å². The first kappa shape index (κ1) is 17.2. The molecule has 0 bridgehead atoms. The number of nitrogens with one attached hydrogen (secondary N) is 2. The fourth-order valence-electron chi connectivity index (χ4n) is 2.33. The number of alkyl halides is 3. The smallest absolute Gasteiger partial charge is 0.335 e. The third-order valence-corrected chi connectivity index (χ3v) is 3.51. The molecule has 1 fully saturated rings. The number of hydrogen-bond donors (Lipinski definition) is 2. The lowest BCUT2D eigenvalue weighted by molar-refractivity contribution is -0.186. The molecular formula is C14H17F3N4O2. The third-order valence-electron chi connectivity index (χ3n) is 3.51. The van der Waals surface area contributed by atoms with Gasteiger partial charge in [-0.1, -0.05) is 6.07 Å². The predicted octanol–water partition coefficient (Wildman–Crippen LogP) is 1.16. The number of likely N-dealkylation sites (tertiary alicyclic amines) is 1. The highest BCUT2D eigenvalue weighted by atomic mass is 19.4. The van der Waals surface area contributed by atoms with Crippen LogP contribution in [0.2, 0.25) is 0 Å². The van der Waals surface area contributed by atoms with E-state index < -0.39 is 12.1 Å². The fourth-order valence-corrected chi connectivity index (χ4v) is 2.33. The van der Waals surface area contributed by atoms with Gasteiger partial charge in [-0.2, -0.15) is 13.2 Å². The Labute approximate surface area is 131 Å². The molecule has 0 spiro atoms. The van der Waals surface area contributed by atoms with Gasteiger partial charge in [0.25, 0.3) is 0 Å². The van der Waals surface area contributed by atoms with Gasteiger partial charge in [-0.05, 0) is 25.0 Å². The van der Waals surface area contributed by atoms with Crippen molar-refractivity contribution in [1.29, 1.82) is 0 Å². The van der Waals surface area contributed by atoms with Gasteiger partial charge >= 0.3 is 12.1 Å². The van der Waals surface area contributed by atoms with E-state index in [1.54, 1.807) is 24.4 Å². The summed E-state index contributed by atoms with van der Waals surface area (Å²) in [5.74, 6) is -1.65. The zero-order valence-electron chi connectivity index (χ0n) is 12.3. The molecule has 1 aliphatic rings. The zero-order valence-corrected chi connectivity index (χ0v) is 12.3. The van der Waals surface area contributed by atoms with E-state index in [-0.39, 0.29) is 31.6 Å². The van der Waals surface area contributed by atoms with Crippen molar-refractivity contribution in [1.82, 2.24) is 15.2 Å². The highest BCUT2D eigenvalue weighted by Gasteiger charge is 2.43. The summed E-state index contributed by atoms with van der Waals surface area (Å²) in [6, 6.07) is 5.02. The molecule has 2 N–H and O–H groups in total. The molecule has 0 radical (unpaired) electrons. The molecule has 2 rings (SSSR count). The Morgan fingerprint density at radius 3 is 2.52 bits per heavy atom. The monoisotopic (exact) mass is 330 g/mol. The van der Waals surface area contributed by atoms with Crippen molar-refractivity contribution in [2.45, 2.75) is 25.1 Å². The number of pyridine rings is 1. The Hall–Kier alpha value is -2.16. The van der Waals surface area contributed by atoms with Crippen molar-refractivity contribution in [3.63, 3.8) is 0 Å². The number of amides is 2. The van der Waals surface area contributed by atoms with E-state index in [1.165, 1.54) is 0 Å². The largest absolute Gasteiger partial charge is 0.471 e. The van der Waals surface area contributed by atoms with Crippen LogP contribution in [0, 0.1) is 0 Å². The summed E-state index contributed by atoms with van der Waals surface area (Å²) in [5.41, 5.74) is 0. The topological polar surface area (TPSA) is 74.3 Å². The molecule has 1 aliphatic heterocycles. The summed E-state index contributed by atoms with van der Waals surface area (Å²) in [5, 5.41) is 5.58. The van der Waals surface area contributed by atoms with Gasteiger partial charge in [0.1, 0.15) is 5.82 Å². The maximum absolute atomic E-state index is 12.3. The van der Waals surface area contributed by atoms with Crippen LogP contribution in [-0.2, 0) is 9.59 Å². The van der Waals surface area contributed by atoms with Gasteiger partial charge in [0.15, 0.2) is 0 Å². The van der Waals surface area contributed by atoms with E-state index in [4.69, 9.17) is 0 Å². The van der Waals surface area contributed by atoms with Crippen molar-refractivity contribution in [3.05, 3.63) is 24.4 Å². The number of hydrogen-bond acceptors (Lipinski definition) is 4. The Morgan fingerprint density at radius 2 is 1.96 bits per heavy atom. The van der Waals surface area contributed by atoms with Gasteiger partial charge in [0.05, 0.1) is 6.54 Å². The molecule has 0 aromatic carbocycles. The van der Waals surface area contributed by atoms with Crippen molar-refractivity contribution < 1.29 is 22.8 Å². The van der Waals surface area contributed by atoms with Crippen molar-refractivity contribution in [3.8, 4) is 0 Å². The Balaban J connectivity index is 1.70. The van der Waals surface area contributed by atoms with E-state index in [2.05, 4.69) is 15.6 Å². The van der Waals surface area contributed by atoms with Gasteiger partial charge in [-0.15, -0.1) is 0 Å². The van der Waals surface area contributed by atoms with E-state index in [0.29, 0.717) is 18.7 Å². The predicted molar refractivity (Wildman–Crippen MR) is 76.5 cm³/mol. The molecule has 1 saturated heterocycles. The molecule has 0 unspecified atom stereocenters. The molecule has 1 aromatic heterocycles. The minimum atomic E-state index is -4.83. The Bertz CT molecular complexity index is 543. The second-order valence-corrected chi connectivity index (χ2v) is 5.21. The van der Waals surface area contributed by atoms with Crippen molar-refractivity contribution in [2.75, 3.05) is 25.0 Å². The van der Waals surface area contributed by atoms with Crippen molar-refractivity contribution >= 4 is 17.6 Å². The highest BCUT2D eigenvalue weighted by molar-refractivity contribution is 5.91. The Kier molecular flexibility index (Phi) is 5.54. The summed E-state index contributed by atoms with van der Waals surface area (Å²) in [7, 11) is 0. The van der Waals surface area contributed by atoms with Crippen LogP contribution in [0.1, 0.15) is 12.8 Å². The van der Waals surface area contributed by atoms with Gasteiger partial charge in [0, 0.05) is 25.3 Å². The van der Waals surface area contributed by atoms with Crippen LogP contribution in [0.4, 0.5) is 19.0 Å². The molecule has 0 aliphatic carbocycles. The number of piperidine rings is 1. The molecule has 126 valence electrons. The fraction of sp³-hybridized carbons (Fsp3) is 0.500.